The number of carbonyl (C=O) groups excluding carboxylic acids is 1. The summed E-state index contributed by atoms with van der Waals surface area (Å²) >= 11 is 12.2. The number of hydrogen-bond donors (Lipinski definition) is 2. The van der Waals surface area contributed by atoms with Gasteiger partial charge in [0.15, 0.2) is 5.15 Å². The summed E-state index contributed by atoms with van der Waals surface area (Å²) in [5, 5.41) is 20.7. The first-order chi connectivity index (χ1) is 20.2. The Hall–Kier alpha value is -4.80. The normalized spacial score (nSPS) is 11.7. The molecule has 0 radical (unpaired) electrons. The first kappa shape index (κ1) is 28.7. The van der Waals surface area contributed by atoms with Crippen molar-refractivity contribution in [2.24, 2.45) is 0 Å². The topological polar surface area (TPSA) is 132 Å². The Kier molecular flexibility index (Phi) is 8.46. The van der Waals surface area contributed by atoms with E-state index < -0.39 is 23.5 Å². The van der Waals surface area contributed by atoms with Crippen LogP contribution in [0.3, 0.4) is 0 Å². The van der Waals surface area contributed by atoms with Crippen molar-refractivity contribution in [3.8, 4) is 16.9 Å². The Balaban J connectivity index is 1.52. The first-order valence-electron chi connectivity index (χ1n) is 12.9. The van der Waals surface area contributed by atoms with Crippen molar-refractivity contribution in [2.45, 2.75) is 25.8 Å². The number of aryl methyl sites for hydroxylation is 1. The monoisotopic (exact) mass is 602 g/mol. The minimum absolute atomic E-state index is 0.167. The van der Waals surface area contributed by atoms with E-state index in [1.807, 2.05) is 37.3 Å². The molecule has 0 saturated carbocycles. The van der Waals surface area contributed by atoms with Gasteiger partial charge in [0.05, 0.1) is 29.5 Å². The molecule has 1 amide bonds. The standard InChI is InChI=1S/C30H24Cl2N6O4/c1-2-19-13-21(9-10-22(19)30(41)42)34-29(40)26(12-18-6-4-3-5-7-18)37-17-33-24(15-28(37)39)23-14-20(31)8-11-25(23)38-16-27(32)35-36-38/h3-11,13-17,26H,2,12H2,1H3,(H,34,40)(H,41,42). The van der Waals surface area contributed by atoms with Gasteiger partial charge < -0.3 is 10.4 Å². The molecule has 42 heavy (non-hydrogen) atoms. The van der Waals surface area contributed by atoms with E-state index in [0.29, 0.717) is 39.6 Å². The third-order valence-electron chi connectivity index (χ3n) is 6.68. The molecular formula is C30H24Cl2N6O4. The van der Waals surface area contributed by atoms with Gasteiger partial charge in [-0.25, -0.2) is 14.5 Å². The molecule has 212 valence electrons. The summed E-state index contributed by atoms with van der Waals surface area (Å²) in [4.78, 5) is 43.3. The highest BCUT2D eigenvalue weighted by Gasteiger charge is 2.24. The fraction of sp³-hybridized carbons (Fsp3) is 0.133. The number of rotatable bonds is 9. The molecule has 2 N–H and O–H groups in total. The molecule has 3 aromatic carbocycles. The number of anilines is 1. The number of carboxylic acids is 1. The van der Waals surface area contributed by atoms with Crippen molar-refractivity contribution in [1.82, 2.24) is 24.5 Å². The lowest BCUT2D eigenvalue weighted by Crippen LogP contribution is -2.34. The van der Waals surface area contributed by atoms with Crippen LogP contribution in [0, 0.1) is 0 Å². The molecule has 10 nitrogen and oxygen atoms in total. The van der Waals surface area contributed by atoms with Crippen LogP contribution in [0.4, 0.5) is 5.69 Å². The number of aromatic carboxylic acids is 1. The van der Waals surface area contributed by atoms with Crippen LogP contribution in [0.25, 0.3) is 16.9 Å². The van der Waals surface area contributed by atoms with Gasteiger partial charge in [-0.15, -0.1) is 5.10 Å². The Morgan fingerprint density at radius 2 is 1.81 bits per heavy atom. The Morgan fingerprint density at radius 1 is 1.02 bits per heavy atom. The number of halogens is 2. The highest BCUT2D eigenvalue weighted by molar-refractivity contribution is 6.31. The number of aromatic nitrogens is 5. The predicted octanol–water partition coefficient (Wildman–Crippen LogP) is 5.48. The SMILES string of the molecule is CCc1cc(NC(=O)C(Cc2ccccc2)n2cnc(-c3cc(Cl)ccc3-n3cc(Cl)nn3)cc2=O)ccc1C(=O)O. The van der Waals surface area contributed by atoms with E-state index in [-0.39, 0.29) is 17.1 Å². The fourth-order valence-electron chi connectivity index (χ4n) is 4.62. The average Bonchev–Trinajstić information content (AvgIpc) is 3.42. The predicted molar refractivity (Wildman–Crippen MR) is 159 cm³/mol. The zero-order chi connectivity index (χ0) is 29.8. The third kappa shape index (κ3) is 6.24. The van der Waals surface area contributed by atoms with E-state index >= 15 is 0 Å². The zero-order valence-corrected chi connectivity index (χ0v) is 23.8. The van der Waals surface area contributed by atoms with Gasteiger partial charge in [0.1, 0.15) is 6.04 Å². The van der Waals surface area contributed by atoms with Crippen molar-refractivity contribution < 1.29 is 14.7 Å². The minimum Gasteiger partial charge on any atom is -0.478 e. The number of hydrogen-bond acceptors (Lipinski definition) is 6. The van der Waals surface area contributed by atoms with E-state index in [9.17, 15) is 19.5 Å². The zero-order valence-electron chi connectivity index (χ0n) is 22.2. The van der Waals surface area contributed by atoms with Gasteiger partial charge in [-0.05, 0) is 53.9 Å². The van der Waals surface area contributed by atoms with Crippen molar-refractivity contribution >= 4 is 40.8 Å². The molecule has 0 aliphatic rings. The average molecular weight is 603 g/mol. The van der Waals surface area contributed by atoms with Gasteiger partial charge in [0, 0.05) is 28.8 Å². The Morgan fingerprint density at radius 3 is 2.48 bits per heavy atom. The molecule has 5 aromatic rings. The number of carbonyl (C=O) groups is 2. The van der Waals surface area contributed by atoms with Crippen LogP contribution in [0.15, 0.2) is 90.1 Å². The fourth-order valence-corrected chi connectivity index (χ4v) is 4.92. The molecule has 0 aliphatic heterocycles. The van der Waals surface area contributed by atoms with E-state index in [0.717, 1.165) is 5.56 Å². The van der Waals surface area contributed by atoms with Crippen molar-refractivity contribution in [2.75, 3.05) is 5.32 Å². The maximum Gasteiger partial charge on any atom is 0.335 e. The minimum atomic E-state index is -1.04. The lowest BCUT2D eigenvalue weighted by atomic mass is 10.0. The van der Waals surface area contributed by atoms with Gasteiger partial charge in [0.25, 0.3) is 5.56 Å². The molecular weight excluding hydrogens is 579 g/mol. The van der Waals surface area contributed by atoms with Crippen LogP contribution < -0.4 is 10.9 Å². The van der Waals surface area contributed by atoms with E-state index in [4.69, 9.17) is 23.2 Å². The van der Waals surface area contributed by atoms with Crippen LogP contribution in [0.1, 0.15) is 34.5 Å². The van der Waals surface area contributed by atoms with Crippen LogP contribution >= 0.6 is 23.2 Å². The number of benzene rings is 3. The van der Waals surface area contributed by atoms with Crippen LogP contribution in [0.2, 0.25) is 10.2 Å². The maximum atomic E-state index is 13.7. The van der Waals surface area contributed by atoms with Crippen molar-refractivity contribution in [3.63, 3.8) is 0 Å². The molecule has 0 aliphatic carbocycles. The summed E-state index contributed by atoms with van der Waals surface area (Å²) in [5.41, 5.74) is 2.93. The van der Waals surface area contributed by atoms with Gasteiger partial charge in [-0.3, -0.25) is 14.2 Å². The second-order valence-electron chi connectivity index (χ2n) is 9.39. The summed E-state index contributed by atoms with van der Waals surface area (Å²) in [5.74, 6) is -1.50. The van der Waals surface area contributed by atoms with Gasteiger partial charge in [-0.1, -0.05) is 65.7 Å². The number of nitrogens with zero attached hydrogens (tertiary/aromatic N) is 5. The van der Waals surface area contributed by atoms with Gasteiger partial charge in [-0.2, -0.15) is 0 Å². The van der Waals surface area contributed by atoms with Gasteiger partial charge in [0.2, 0.25) is 5.91 Å². The summed E-state index contributed by atoms with van der Waals surface area (Å²) in [6.45, 7) is 1.83. The molecule has 2 heterocycles. The Bertz CT molecular complexity index is 1840. The number of nitrogens with one attached hydrogen (secondary N) is 1. The second-order valence-corrected chi connectivity index (χ2v) is 10.2. The van der Waals surface area contributed by atoms with E-state index in [2.05, 4.69) is 20.6 Å². The highest BCUT2D eigenvalue weighted by atomic mass is 35.5. The molecule has 12 heteroatoms. The van der Waals surface area contributed by atoms with Crippen LogP contribution in [0.5, 0.6) is 0 Å². The Labute approximate surface area is 250 Å². The summed E-state index contributed by atoms with van der Waals surface area (Å²) in [6, 6.07) is 19.3. The van der Waals surface area contributed by atoms with Crippen molar-refractivity contribution in [1.29, 1.82) is 0 Å². The second kappa shape index (κ2) is 12.4. The van der Waals surface area contributed by atoms with Crippen molar-refractivity contribution in [3.05, 3.63) is 123 Å². The van der Waals surface area contributed by atoms with Crippen LogP contribution in [-0.4, -0.2) is 41.5 Å². The molecule has 1 atom stereocenters. The lowest BCUT2D eigenvalue weighted by molar-refractivity contribution is -0.119. The lowest BCUT2D eigenvalue weighted by Gasteiger charge is -2.20. The third-order valence-corrected chi connectivity index (χ3v) is 7.09. The molecule has 2 aromatic heterocycles. The molecule has 0 fully saturated rings. The maximum absolute atomic E-state index is 13.7. The summed E-state index contributed by atoms with van der Waals surface area (Å²) < 4.78 is 2.72. The van der Waals surface area contributed by atoms with Crippen LogP contribution in [-0.2, 0) is 17.6 Å². The van der Waals surface area contributed by atoms with E-state index in [1.54, 1.807) is 24.3 Å². The molecule has 0 bridgehead atoms. The number of carboxylic acid groups (broad SMARTS) is 1. The molecule has 0 saturated heterocycles. The largest absolute Gasteiger partial charge is 0.478 e. The highest BCUT2D eigenvalue weighted by Crippen LogP contribution is 2.28. The quantitative estimate of drug-likeness (QED) is 0.228. The number of amides is 1. The summed E-state index contributed by atoms with van der Waals surface area (Å²) in [7, 11) is 0. The smallest absolute Gasteiger partial charge is 0.335 e. The van der Waals surface area contributed by atoms with E-state index in [1.165, 1.54) is 40.0 Å². The first-order valence-corrected chi connectivity index (χ1v) is 13.7. The molecule has 1 unspecified atom stereocenters. The molecule has 5 rings (SSSR count). The van der Waals surface area contributed by atoms with Gasteiger partial charge >= 0.3 is 5.97 Å². The molecule has 0 spiro atoms. The summed E-state index contributed by atoms with van der Waals surface area (Å²) in [6.07, 6.45) is 3.52.